The highest BCUT2D eigenvalue weighted by atomic mass is 16.5. The smallest absolute Gasteiger partial charge is 0.224 e. The van der Waals surface area contributed by atoms with Crippen LogP contribution in [0.15, 0.2) is 24.3 Å². The van der Waals surface area contributed by atoms with Crippen molar-refractivity contribution in [1.82, 2.24) is 5.32 Å². The first-order valence-corrected chi connectivity index (χ1v) is 6.16. The number of rotatable bonds is 7. The van der Waals surface area contributed by atoms with Crippen molar-refractivity contribution in [1.29, 1.82) is 0 Å². The molecular formula is C14H21NO2. The van der Waals surface area contributed by atoms with Crippen LogP contribution in [-0.4, -0.2) is 19.6 Å². The van der Waals surface area contributed by atoms with E-state index in [-0.39, 0.29) is 5.91 Å². The van der Waals surface area contributed by atoms with E-state index >= 15 is 0 Å². The fourth-order valence-electron chi connectivity index (χ4n) is 1.69. The maximum Gasteiger partial charge on any atom is 0.224 e. The summed E-state index contributed by atoms with van der Waals surface area (Å²) in [5, 5.41) is 2.92. The molecular weight excluding hydrogens is 214 g/mol. The average Bonchev–Trinajstić information content (AvgIpc) is 2.35. The van der Waals surface area contributed by atoms with Crippen LogP contribution in [0.3, 0.4) is 0 Å². The van der Waals surface area contributed by atoms with Crippen LogP contribution in [0.5, 0.6) is 5.75 Å². The van der Waals surface area contributed by atoms with E-state index in [9.17, 15) is 4.79 Å². The van der Waals surface area contributed by atoms with Crippen molar-refractivity contribution in [3.8, 4) is 5.75 Å². The zero-order chi connectivity index (χ0) is 12.5. The third-order valence-corrected chi connectivity index (χ3v) is 2.65. The molecule has 0 aliphatic rings. The Morgan fingerprint density at radius 3 is 2.76 bits per heavy atom. The lowest BCUT2D eigenvalue weighted by Gasteiger charge is -2.08. The molecule has 0 heterocycles. The zero-order valence-corrected chi connectivity index (χ0v) is 10.7. The number of carbonyl (C=O) groups excluding carboxylic acids is 1. The number of hydrogen-bond acceptors (Lipinski definition) is 2. The Hall–Kier alpha value is -1.51. The van der Waals surface area contributed by atoms with E-state index in [1.165, 1.54) is 6.42 Å². The molecule has 0 saturated carbocycles. The van der Waals surface area contributed by atoms with Crippen LogP contribution in [0, 0.1) is 0 Å². The van der Waals surface area contributed by atoms with Gasteiger partial charge in [0.25, 0.3) is 0 Å². The first-order valence-electron chi connectivity index (χ1n) is 6.16. The summed E-state index contributed by atoms with van der Waals surface area (Å²) in [4.78, 5) is 11.7. The van der Waals surface area contributed by atoms with E-state index in [0.29, 0.717) is 6.42 Å². The molecule has 3 nitrogen and oxygen atoms in total. The van der Waals surface area contributed by atoms with Crippen molar-refractivity contribution in [2.24, 2.45) is 0 Å². The van der Waals surface area contributed by atoms with E-state index in [2.05, 4.69) is 12.2 Å². The molecule has 1 N–H and O–H groups in total. The number of nitrogens with one attached hydrogen (secondary N) is 1. The third kappa shape index (κ3) is 4.89. The molecule has 1 aromatic rings. The number of benzene rings is 1. The minimum atomic E-state index is 0.0607. The van der Waals surface area contributed by atoms with E-state index in [1.807, 2.05) is 24.3 Å². The van der Waals surface area contributed by atoms with Crippen molar-refractivity contribution >= 4 is 5.91 Å². The Balaban J connectivity index is 2.39. The molecule has 1 amide bonds. The molecule has 1 rings (SSSR count). The molecule has 0 fully saturated rings. The standard InChI is InChI=1S/C14H21NO2/c1-3-4-7-10-15-14(16)11-12-8-5-6-9-13(12)17-2/h5-6,8-9H,3-4,7,10-11H2,1-2H3,(H,15,16). The Kier molecular flexibility index (Phi) is 6.15. The normalized spacial score (nSPS) is 10.0. The van der Waals surface area contributed by atoms with Crippen molar-refractivity contribution in [2.75, 3.05) is 13.7 Å². The topological polar surface area (TPSA) is 38.3 Å². The van der Waals surface area contributed by atoms with Crippen LogP contribution in [0.25, 0.3) is 0 Å². The molecule has 0 saturated heterocycles. The second kappa shape index (κ2) is 7.71. The first kappa shape index (κ1) is 13.6. The fraction of sp³-hybridized carbons (Fsp3) is 0.500. The lowest BCUT2D eigenvalue weighted by Crippen LogP contribution is -2.26. The maximum atomic E-state index is 11.7. The van der Waals surface area contributed by atoms with Gasteiger partial charge in [0, 0.05) is 12.1 Å². The number of carbonyl (C=O) groups is 1. The van der Waals surface area contributed by atoms with Crippen LogP contribution >= 0.6 is 0 Å². The number of ether oxygens (including phenoxy) is 1. The largest absolute Gasteiger partial charge is 0.496 e. The molecule has 0 spiro atoms. The lowest BCUT2D eigenvalue weighted by molar-refractivity contribution is -0.120. The highest BCUT2D eigenvalue weighted by molar-refractivity contribution is 5.79. The van der Waals surface area contributed by atoms with Crippen LogP contribution < -0.4 is 10.1 Å². The molecule has 0 aliphatic heterocycles. The fourth-order valence-corrected chi connectivity index (χ4v) is 1.69. The van der Waals surface area contributed by atoms with E-state index in [0.717, 1.165) is 30.7 Å². The number of hydrogen-bond donors (Lipinski definition) is 1. The second-order valence-electron chi connectivity index (χ2n) is 4.05. The summed E-state index contributed by atoms with van der Waals surface area (Å²) in [5.41, 5.74) is 0.933. The van der Waals surface area contributed by atoms with Gasteiger partial charge in [-0.3, -0.25) is 4.79 Å². The van der Waals surface area contributed by atoms with Gasteiger partial charge in [0.05, 0.1) is 13.5 Å². The van der Waals surface area contributed by atoms with Gasteiger partial charge >= 0.3 is 0 Å². The molecule has 0 aromatic heterocycles. The van der Waals surface area contributed by atoms with E-state index in [1.54, 1.807) is 7.11 Å². The van der Waals surface area contributed by atoms with Gasteiger partial charge in [0.1, 0.15) is 5.75 Å². The Morgan fingerprint density at radius 2 is 2.06 bits per heavy atom. The van der Waals surface area contributed by atoms with Gasteiger partial charge in [-0.15, -0.1) is 0 Å². The summed E-state index contributed by atoms with van der Waals surface area (Å²) in [6.45, 7) is 2.92. The van der Waals surface area contributed by atoms with Crippen LogP contribution in [0.1, 0.15) is 31.7 Å². The number of para-hydroxylation sites is 1. The molecule has 3 heteroatoms. The summed E-state index contributed by atoms with van der Waals surface area (Å²) in [7, 11) is 1.62. The summed E-state index contributed by atoms with van der Waals surface area (Å²) < 4.78 is 5.21. The summed E-state index contributed by atoms with van der Waals surface area (Å²) in [5.74, 6) is 0.835. The van der Waals surface area contributed by atoms with E-state index in [4.69, 9.17) is 4.74 Å². The van der Waals surface area contributed by atoms with Gasteiger partial charge in [-0.25, -0.2) is 0 Å². The van der Waals surface area contributed by atoms with Crippen LogP contribution in [-0.2, 0) is 11.2 Å². The van der Waals surface area contributed by atoms with Gasteiger partial charge in [0.2, 0.25) is 5.91 Å². The van der Waals surface area contributed by atoms with Gasteiger partial charge < -0.3 is 10.1 Å². The number of amides is 1. The quantitative estimate of drug-likeness (QED) is 0.738. The molecule has 0 atom stereocenters. The van der Waals surface area contributed by atoms with Gasteiger partial charge in [-0.1, -0.05) is 38.0 Å². The monoisotopic (exact) mass is 235 g/mol. The average molecular weight is 235 g/mol. The SMILES string of the molecule is CCCCCNC(=O)Cc1ccccc1OC. The molecule has 0 aliphatic carbocycles. The number of methoxy groups -OCH3 is 1. The van der Waals surface area contributed by atoms with Crippen molar-refractivity contribution in [3.63, 3.8) is 0 Å². The molecule has 1 aromatic carbocycles. The molecule has 0 unspecified atom stereocenters. The molecule has 94 valence electrons. The summed E-state index contributed by atoms with van der Waals surface area (Å²) in [6.07, 6.45) is 3.77. The van der Waals surface area contributed by atoms with Gasteiger partial charge in [-0.2, -0.15) is 0 Å². The Labute approximate surface area is 103 Å². The second-order valence-corrected chi connectivity index (χ2v) is 4.05. The predicted octanol–water partition coefficient (Wildman–Crippen LogP) is 2.54. The van der Waals surface area contributed by atoms with Crippen LogP contribution in [0.4, 0.5) is 0 Å². The highest BCUT2D eigenvalue weighted by Gasteiger charge is 2.07. The Morgan fingerprint density at radius 1 is 1.29 bits per heavy atom. The summed E-state index contributed by atoms with van der Waals surface area (Å²) >= 11 is 0. The lowest BCUT2D eigenvalue weighted by atomic mass is 10.1. The third-order valence-electron chi connectivity index (χ3n) is 2.65. The zero-order valence-electron chi connectivity index (χ0n) is 10.7. The van der Waals surface area contributed by atoms with Gasteiger partial charge in [0.15, 0.2) is 0 Å². The summed E-state index contributed by atoms with van der Waals surface area (Å²) in [6, 6.07) is 7.62. The molecule has 0 radical (unpaired) electrons. The van der Waals surface area contributed by atoms with Gasteiger partial charge in [-0.05, 0) is 12.5 Å². The minimum Gasteiger partial charge on any atom is -0.496 e. The van der Waals surface area contributed by atoms with Crippen molar-refractivity contribution in [3.05, 3.63) is 29.8 Å². The van der Waals surface area contributed by atoms with Crippen molar-refractivity contribution in [2.45, 2.75) is 32.6 Å². The first-order chi connectivity index (χ1) is 8.27. The molecule has 17 heavy (non-hydrogen) atoms. The van der Waals surface area contributed by atoms with Crippen molar-refractivity contribution < 1.29 is 9.53 Å². The Bertz CT molecular complexity index is 350. The predicted molar refractivity (Wildman–Crippen MR) is 69.2 cm³/mol. The molecule has 0 bridgehead atoms. The minimum absolute atomic E-state index is 0.0607. The maximum absolute atomic E-state index is 11.7. The highest BCUT2D eigenvalue weighted by Crippen LogP contribution is 2.17. The number of unbranched alkanes of at least 4 members (excludes halogenated alkanes) is 2. The van der Waals surface area contributed by atoms with E-state index < -0.39 is 0 Å². The van der Waals surface area contributed by atoms with Crippen LogP contribution in [0.2, 0.25) is 0 Å².